The summed E-state index contributed by atoms with van der Waals surface area (Å²) in [6.45, 7) is 4.25. The maximum absolute atomic E-state index is 14.4. The van der Waals surface area contributed by atoms with Gasteiger partial charge in [0.05, 0.1) is 37.3 Å². The van der Waals surface area contributed by atoms with E-state index in [2.05, 4.69) is 20.3 Å². The van der Waals surface area contributed by atoms with Crippen LogP contribution in [0.4, 0.5) is 15.8 Å². The molecule has 0 saturated heterocycles. The Morgan fingerprint density at radius 3 is 2.57 bits per heavy atom. The SMILES string of the molecule is CCOc1ncc(Nc2cc([C@H](CC)CC(=O)O)ccc2-c2ccncc2F)cn1. The van der Waals surface area contributed by atoms with Crippen LogP contribution in [0.2, 0.25) is 0 Å². The van der Waals surface area contributed by atoms with Crippen LogP contribution in [0.3, 0.4) is 0 Å². The van der Waals surface area contributed by atoms with E-state index in [0.29, 0.717) is 35.5 Å². The molecule has 156 valence electrons. The van der Waals surface area contributed by atoms with Crippen molar-refractivity contribution in [1.29, 1.82) is 0 Å². The maximum atomic E-state index is 14.4. The first-order valence-electron chi connectivity index (χ1n) is 9.69. The van der Waals surface area contributed by atoms with Gasteiger partial charge >= 0.3 is 12.0 Å². The quantitative estimate of drug-likeness (QED) is 0.523. The number of pyridine rings is 1. The summed E-state index contributed by atoms with van der Waals surface area (Å²) < 4.78 is 19.7. The third kappa shape index (κ3) is 5.08. The number of halogens is 1. The van der Waals surface area contributed by atoms with Gasteiger partial charge in [-0.05, 0) is 37.0 Å². The summed E-state index contributed by atoms with van der Waals surface area (Å²) in [6.07, 6.45) is 6.52. The van der Waals surface area contributed by atoms with Gasteiger partial charge in [-0.15, -0.1) is 0 Å². The van der Waals surface area contributed by atoms with Crippen molar-refractivity contribution in [3.63, 3.8) is 0 Å². The first-order chi connectivity index (χ1) is 14.5. The van der Waals surface area contributed by atoms with Gasteiger partial charge in [-0.3, -0.25) is 9.78 Å². The number of aromatic nitrogens is 3. The average molecular weight is 410 g/mol. The molecule has 7 nitrogen and oxygen atoms in total. The molecule has 0 unspecified atom stereocenters. The molecule has 0 aliphatic heterocycles. The highest BCUT2D eigenvalue weighted by Gasteiger charge is 2.17. The van der Waals surface area contributed by atoms with E-state index in [9.17, 15) is 14.3 Å². The fraction of sp³-hybridized carbons (Fsp3) is 0.273. The molecule has 0 bridgehead atoms. The largest absolute Gasteiger partial charge is 0.481 e. The molecule has 0 aliphatic carbocycles. The molecule has 3 aromatic rings. The van der Waals surface area contributed by atoms with E-state index in [1.807, 2.05) is 26.0 Å². The fourth-order valence-electron chi connectivity index (χ4n) is 3.20. The standard InChI is InChI=1S/C22H23FN4O3/c1-3-14(10-21(28)29)15-5-6-18(17-7-8-24-13-19(17)23)20(9-15)27-16-11-25-22(26-12-16)30-4-2/h5-9,11-14,27H,3-4,10H2,1-2H3,(H,28,29)/t14-/m1/s1. The lowest BCUT2D eigenvalue weighted by Crippen LogP contribution is -2.06. The molecule has 2 heterocycles. The number of hydrogen-bond donors (Lipinski definition) is 2. The van der Waals surface area contributed by atoms with E-state index in [1.165, 1.54) is 6.20 Å². The van der Waals surface area contributed by atoms with Gasteiger partial charge in [0.25, 0.3) is 0 Å². The van der Waals surface area contributed by atoms with Crippen molar-refractivity contribution in [2.45, 2.75) is 32.6 Å². The third-order valence-corrected chi connectivity index (χ3v) is 4.67. The molecule has 0 radical (unpaired) electrons. The van der Waals surface area contributed by atoms with Crippen LogP contribution in [0.15, 0.2) is 49.1 Å². The third-order valence-electron chi connectivity index (χ3n) is 4.67. The molecule has 1 aromatic carbocycles. The second-order valence-corrected chi connectivity index (χ2v) is 6.68. The number of nitrogens with one attached hydrogen (secondary N) is 1. The lowest BCUT2D eigenvalue weighted by Gasteiger charge is -2.18. The Morgan fingerprint density at radius 1 is 1.17 bits per heavy atom. The van der Waals surface area contributed by atoms with Gasteiger partial charge in [0, 0.05) is 23.0 Å². The minimum absolute atomic E-state index is 0.0189. The second kappa shape index (κ2) is 9.78. The summed E-state index contributed by atoms with van der Waals surface area (Å²) >= 11 is 0. The minimum atomic E-state index is -0.861. The Kier molecular flexibility index (Phi) is 6.90. The van der Waals surface area contributed by atoms with E-state index in [-0.39, 0.29) is 18.3 Å². The van der Waals surface area contributed by atoms with Gasteiger partial charge in [-0.25, -0.2) is 14.4 Å². The molecule has 0 aliphatic rings. The first kappa shape index (κ1) is 21.2. The van der Waals surface area contributed by atoms with Gasteiger partial charge in [-0.1, -0.05) is 19.1 Å². The van der Waals surface area contributed by atoms with Crippen LogP contribution in [-0.2, 0) is 4.79 Å². The normalized spacial score (nSPS) is 11.7. The van der Waals surface area contributed by atoms with Gasteiger partial charge < -0.3 is 15.2 Å². The average Bonchev–Trinajstić information content (AvgIpc) is 2.74. The molecule has 3 rings (SSSR count). The Morgan fingerprint density at radius 2 is 1.93 bits per heavy atom. The lowest BCUT2D eigenvalue weighted by molar-refractivity contribution is -0.137. The van der Waals surface area contributed by atoms with E-state index in [0.717, 1.165) is 11.8 Å². The molecular weight excluding hydrogens is 387 g/mol. The maximum Gasteiger partial charge on any atom is 0.316 e. The first-order valence-corrected chi connectivity index (χ1v) is 9.69. The molecule has 8 heteroatoms. The van der Waals surface area contributed by atoms with E-state index >= 15 is 0 Å². The summed E-state index contributed by atoms with van der Waals surface area (Å²) in [4.78, 5) is 23.3. The lowest BCUT2D eigenvalue weighted by atomic mass is 9.90. The molecule has 0 saturated carbocycles. The van der Waals surface area contributed by atoms with Gasteiger partial charge in [0.15, 0.2) is 0 Å². The van der Waals surface area contributed by atoms with Crippen LogP contribution in [-0.4, -0.2) is 32.6 Å². The molecule has 0 fully saturated rings. The molecule has 0 amide bonds. The fourth-order valence-corrected chi connectivity index (χ4v) is 3.20. The van der Waals surface area contributed by atoms with Crippen molar-refractivity contribution in [3.8, 4) is 17.1 Å². The Hall–Kier alpha value is -3.55. The Labute approximate surface area is 174 Å². The van der Waals surface area contributed by atoms with Crippen LogP contribution < -0.4 is 10.1 Å². The number of carboxylic acid groups (broad SMARTS) is 1. The molecule has 1 atom stereocenters. The highest BCUT2D eigenvalue weighted by molar-refractivity contribution is 5.81. The molecule has 2 aromatic heterocycles. The number of carbonyl (C=O) groups is 1. The van der Waals surface area contributed by atoms with E-state index in [4.69, 9.17) is 4.74 Å². The monoisotopic (exact) mass is 410 g/mol. The highest BCUT2D eigenvalue weighted by Crippen LogP contribution is 2.35. The van der Waals surface area contributed by atoms with E-state index in [1.54, 1.807) is 24.5 Å². The van der Waals surface area contributed by atoms with Crippen LogP contribution >= 0.6 is 0 Å². The topological polar surface area (TPSA) is 97.2 Å². The number of anilines is 2. The molecule has 2 N–H and O–H groups in total. The Bertz CT molecular complexity index is 1010. The molecule has 0 spiro atoms. The van der Waals surface area contributed by atoms with Gasteiger partial charge in [0.2, 0.25) is 0 Å². The van der Waals surface area contributed by atoms with Gasteiger partial charge in [0.1, 0.15) is 5.82 Å². The summed E-state index contributed by atoms with van der Waals surface area (Å²) in [6, 6.07) is 7.34. The minimum Gasteiger partial charge on any atom is -0.481 e. The number of carboxylic acids is 1. The van der Waals surface area contributed by atoms with Crippen LogP contribution in [0.1, 0.15) is 38.2 Å². The van der Waals surface area contributed by atoms with Crippen molar-refractivity contribution in [2.75, 3.05) is 11.9 Å². The zero-order valence-electron chi connectivity index (χ0n) is 16.8. The number of aliphatic carboxylic acids is 1. The van der Waals surface area contributed by atoms with E-state index < -0.39 is 11.8 Å². The number of benzene rings is 1. The van der Waals surface area contributed by atoms with Crippen LogP contribution in [0, 0.1) is 5.82 Å². The number of ether oxygens (including phenoxy) is 1. The summed E-state index contributed by atoms with van der Waals surface area (Å²) in [5.74, 6) is -1.47. The number of nitrogens with zero attached hydrogens (tertiary/aromatic N) is 3. The summed E-state index contributed by atoms with van der Waals surface area (Å²) in [5, 5.41) is 12.4. The van der Waals surface area contributed by atoms with Crippen molar-refractivity contribution < 1.29 is 19.0 Å². The predicted molar refractivity (Wildman–Crippen MR) is 111 cm³/mol. The number of rotatable bonds is 9. The Balaban J connectivity index is 2.02. The number of hydrogen-bond acceptors (Lipinski definition) is 6. The van der Waals surface area contributed by atoms with Crippen molar-refractivity contribution >= 4 is 17.3 Å². The second-order valence-electron chi connectivity index (χ2n) is 6.68. The smallest absolute Gasteiger partial charge is 0.316 e. The van der Waals surface area contributed by atoms with Crippen molar-refractivity contribution in [3.05, 3.63) is 60.4 Å². The highest BCUT2D eigenvalue weighted by atomic mass is 19.1. The summed E-state index contributed by atoms with van der Waals surface area (Å²) in [5.41, 5.74) is 3.08. The van der Waals surface area contributed by atoms with Crippen molar-refractivity contribution in [1.82, 2.24) is 15.0 Å². The molecular formula is C22H23FN4O3. The zero-order valence-corrected chi connectivity index (χ0v) is 16.8. The predicted octanol–water partition coefficient (Wildman–Crippen LogP) is 4.79. The zero-order chi connectivity index (χ0) is 21.5. The van der Waals surface area contributed by atoms with Crippen LogP contribution in [0.25, 0.3) is 11.1 Å². The van der Waals surface area contributed by atoms with Crippen LogP contribution in [0.5, 0.6) is 6.01 Å². The summed E-state index contributed by atoms with van der Waals surface area (Å²) in [7, 11) is 0. The molecule has 30 heavy (non-hydrogen) atoms. The van der Waals surface area contributed by atoms with Gasteiger partial charge in [-0.2, -0.15) is 0 Å². The van der Waals surface area contributed by atoms with Crippen molar-refractivity contribution in [2.24, 2.45) is 0 Å².